The van der Waals surface area contributed by atoms with Crippen molar-refractivity contribution in [2.45, 2.75) is 38.8 Å². The van der Waals surface area contributed by atoms with Crippen LogP contribution in [0.3, 0.4) is 0 Å². The van der Waals surface area contributed by atoms with Crippen LogP contribution in [0.15, 0.2) is 0 Å². The average molecular weight is 189 g/mol. The van der Waals surface area contributed by atoms with Gasteiger partial charge >= 0.3 is 5.97 Å². The van der Waals surface area contributed by atoms with Crippen molar-refractivity contribution in [2.24, 2.45) is 5.73 Å². The van der Waals surface area contributed by atoms with Gasteiger partial charge in [0, 0.05) is 12.5 Å². The van der Waals surface area contributed by atoms with E-state index in [0.717, 1.165) is 0 Å². The molecular weight excluding hydrogens is 170 g/mol. The number of esters is 1. The highest BCUT2D eigenvalue weighted by molar-refractivity contribution is 5.69. The van der Waals surface area contributed by atoms with Crippen LogP contribution in [0.2, 0.25) is 0 Å². The summed E-state index contributed by atoms with van der Waals surface area (Å²) in [6, 6.07) is -0.0819. The molecule has 0 aliphatic heterocycles. The first-order valence-corrected chi connectivity index (χ1v) is 4.50. The number of carbonyl (C=O) groups is 1. The molecule has 0 heterocycles. The Morgan fingerprint density at radius 1 is 1.46 bits per heavy atom. The van der Waals surface area contributed by atoms with Gasteiger partial charge < -0.3 is 15.2 Å². The van der Waals surface area contributed by atoms with Gasteiger partial charge in [0.25, 0.3) is 0 Å². The van der Waals surface area contributed by atoms with Crippen LogP contribution in [0, 0.1) is 0 Å². The Hall–Kier alpha value is -0.610. The molecule has 0 rings (SSSR count). The first kappa shape index (κ1) is 12.4. The lowest BCUT2D eigenvalue weighted by Gasteiger charge is -2.13. The van der Waals surface area contributed by atoms with E-state index in [1.807, 2.05) is 13.8 Å². The van der Waals surface area contributed by atoms with E-state index in [1.54, 1.807) is 0 Å². The van der Waals surface area contributed by atoms with Crippen LogP contribution in [0.5, 0.6) is 0 Å². The minimum absolute atomic E-state index is 0.0819. The van der Waals surface area contributed by atoms with Crippen LogP contribution in [0.1, 0.15) is 26.7 Å². The first-order chi connectivity index (χ1) is 6.06. The van der Waals surface area contributed by atoms with Crippen molar-refractivity contribution in [2.75, 3.05) is 13.7 Å². The van der Waals surface area contributed by atoms with Crippen LogP contribution < -0.4 is 5.73 Å². The molecule has 0 amide bonds. The third-order valence-corrected chi connectivity index (χ3v) is 1.59. The van der Waals surface area contributed by atoms with E-state index >= 15 is 0 Å². The Morgan fingerprint density at radius 3 is 2.54 bits per heavy atom. The van der Waals surface area contributed by atoms with Crippen molar-refractivity contribution in [1.82, 2.24) is 0 Å². The topological polar surface area (TPSA) is 61.5 Å². The average Bonchev–Trinajstić information content (AvgIpc) is 2.10. The molecule has 13 heavy (non-hydrogen) atoms. The highest BCUT2D eigenvalue weighted by Crippen LogP contribution is 1.98. The molecule has 4 heteroatoms. The Morgan fingerprint density at radius 2 is 2.08 bits per heavy atom. The standard InChI is InChI=1S/C9H19NO3/c1-7(2)13-6-8(10)4-5-9(11)12-3/h7-8H,4-6,10H2,1-3H3. The molecule has 1 unspecified atom stereocenters. The third-order valence-electron chi connectivity index (χ3n) is 1.59. The summed E-state index contributed by atoms with van der Waals surface area (Å²) >= 11 is 0. The predicted molar refractivity (Wildman–Crippen MR) is 50.3 cm³/mol. The number of ether oxygens (including phenoxy) is 2. The largest absolute Gasteiger partial charge is 0.469 e. The van der Waals surface area contributed by atoms with Crippen LogP contribution in [0.25, 0.3) is 0 Å². The smallest absolute Gasteiger partial charge is 0.305 e. The molecule has 4 nitrogen and oxygen atoms in total. The van der Waals surface area contributed by atoms with Crippen molar-refractivity contribution < 1.29 is 14.3 Å². The molecule has 0 radical (unpaired) electrons. The Kier molecular flexibility index (Phi) is 6.54. The van der Waals surface area contributed by atoms with Crippen LogP contribution in [-0.4, -0.2) is 31.8 Å². The van der Waals surface area contributed by atoms with E-state index in [9.17, 15) is 4.79 Å². The molecule has 0 saturated heterocycles. The maximum Gasteiger partial charge on any atom is 0.305 e. The Balaban J connectivity index is 3.40. The molecule has 0 fully saturated rings. The minimum Gasteiger partial charge on any atom is -0.469 e. The highest BCUT2D eigenvalue weighted by Gasteiger charge is 2.07. The lowest BCUT2D eigenvalue weighted by Crippen LogP contribution is -2.28. The summed E-state index contributed by atoms with van der Waals surface area (Å²) in [5, 5.41) is 0. The van der Waals surface area contributed by atoms with Gasteiger partial charge in [0.1, 0.15) is 0 Å². The third kappa shape index (κ3) is 7.74. The molecule has 0 saturated carbocycles. The second-order valence-corrected chi connectivity index (χ2v) is 3.26. The molecule has 2 N–H and O–H groups in total. The maximum atomic E-state index is 10.7. The number of methoxy groups -OCH3 is 1. The van der Waals surface area contributed by atoms with Crippen molar-refractivity contribution >= 4 is 5.97 Å². The summed E-state index contributed by atoms with van der Waals surface area (Å²) < 4.78 is 9.78. The van der Waals surface area contributed by atoms with Crippen molar-refractivity contribution in [3.63, 3.8) is 0 Å². The van der Waals surface area contributed by atoms with Crippen LogP contribution in [0.4, 0.5) is 0 Å². The summed E-state index contributed by atoms with van der Waals surface area (Å²) in [5.41, 5.74) is 5.69. The fourth-order valence-corrected chi connectivity index (χ4v) is 0.805. The molecule has 0 aliphatic rings. The molecule has 78 valence electrons. The summed E-state index contributed by atoms with van der Waals surface area (Å²) in [6.07, 6.45) is 1.16. The monoisotopic (exact) mass is 189 g/mol. The van der Waals surface area contributed by atoms with Gasteiger partial charge in [0.05, 0.1) is 19.8 Å². The quantitative estimate of drug-likeness (QED) is 0.624. The van der Waals surface area contributed by atoms with Crippen molar-refractivity contribution in [3.05, 3.63) is 0 Å². The molecule has 0 aromatic carbocycles. The molecule has 0 aromatic rings. The van der Waals surface area contributed by atoms with Gasteiger partial charge in [-0.15, -0.1) is 0 Å². The Bertz CT molecular complexity index is 148. The van der Waals surface area contributed by atoms with Gasteiger partial charge in [-0.3, -0.25) is 4.79 Å². The van der Waals surface area contributed by atoms with Gasteiger partial charge in [-0.1, -0.05) is 0 Å². The lowest BCUT2D eigenvalue weighted by molar-refractivity contribution is -0.140. The summed E-state index contributed by atoms with van der Waals surface area (Å²) in [7, 11) is 1.37. The maximum absolute atomic E-state index is 10.7. The van der Waals surface area contributed by atoms with E-state index < -0.39 is 0 Å². The van der Waals surface area contributed by atoms with Gasteiger partial charge in [0.15, 0.2) is 0 Å². The first-order valence-electron chi connectivity index (χ1n) is 4.50. The fraction of sp³-hybridized carbons (Fsp3) is 0.889. The summed E-state index contributed by atoms with van der Waals surface area (Å²) in [5.74, 6) is -0.222. The van der Waals surface area contributed by atoms with Crippen LogP contribution in [-0.2, 0) is 14.3 Å². The molecule has 0 spiro atoms. The van der Waals surface area contributed by atoms with E-state index in [1.165, 1.54) is 7.11 Å². The van der Waals surface area contributed by atoms with E-state index in [4.69, 9.17) is 10.5 Å². The number of carbonyl (C=O) groups excluding carboxylic acids is 1. The zero-order chi connectivity index (χ0) is 10.3. The zero-order valence-electron chi connectivity index (χ0n) is 8.58. The second-order valence-electron chi connectivity index (χ2n) is 3.26. The van der Waals surface area contributed by atoms with Crippen molar-refractivity contribution in [1.29, 1.82) is 0 Å². The van der Waals surface area contributed by atoms with Gasteiger partial charge in [-0.25, -0.2) is 0 Å². The molecular formula is C9H19NO3. The molecule has 1 atom stereocenters. The van der Waals surface area contributed by atoms with E-state index in [-0.39, 0.29) is 18.1 Å². The fourth-order valence-electron chi connectivity index (χ4n) is 0.805. The lowest BCUT2D eigenvalue weighted by atomic mass is 10.2. The van der Waals surface area contributed by atoms with Crippen LogP contribution >= 0.6 is 0 Å². The Labute approximate surface area is 79.4 Å². The van der Waals surface area contributed by atoms with Gasteiger partial charge in [-0.05, 0) is 20.3 Å². The highest BCUT2D eigenvalue weighted by atomic mass is 16.5. The van der Waals surface area contributed by atoms with E-state index in [2.05, 4.69) is 4.74 Å². The van der Waals surface area contributed by atoms with Crippen molar-refractivity contribution in [3.8, 4) is 0 Å². The summed E-state index contributed by atoms with van der Waals surface area (Å²) in [6.45, 7) is 4.40. The summed E-state index contributed by atoms with van der Waals surface area (Å²) in [4.78, 5) is 10.7. The van der Waals surface area contributed by atoms with E-state index in [0.29, 0.717) is 19.4 Å². The molecule has 0 aliphatic carbocycles. The number of hydrogen-bond acceptors (Lipinski definition) is 4. The number of nitrogens with two attached hydrogens (primary N) is 1. The minimum atomic E-state index is -0.222. The molecule has 0 aromatic heterocycles. The molecule has 0 bridgehead atoms. The number of rotatable bonds is 6. The number of hydrogen-bond donors (Lipinski definition) is 1. The van der Waals surface area contributed by atoms with Gasteiger partial charge in [-0.2, -0.15) is 0 Å². The predicted octanol–water partition coefficient (Wildman–Crippen LogP) is 0.692. The normalized spacial score (nSPS) is 13.0. The SMILES string of the molecule is COC(=O)CCC(N)COC(C)C. The zero-order valence-corrected chi connectivity index (χ0v) is 8.58. The second kappa shape index (κ2) is 6.86. The van der Waals surface area contributed by atoms with Gasteiger partial charge in [0.2, 0.25) is 0 Å².